The minimum Gasteiger partial charge on any atom is -0.432 e. The molecule has 0 saturated carbocycles. The summed E-state index contributed by atoms with van der Waals surface area (Å²) >= 11 is 0. The predicted molar refractivity (Wildman–Crippen MR) is 40.1 cm³/mol. The van der Waals surface area contributed by atoms with Crippen LogP contribution in [-0.2, 0) is 6.42 Å². The third-order valence-corrected chi connectivity index (χ3v) is 1.75. The van der Waals surface area contributed by atoms with Crippen LogP contribution < -0.4 is 10.5 Å². The topological polar surface area (TPSA) is 35.2 Å². The summed E-state index contributed by atoms with van der Waals surface area (Å²) in [5, 5.41) is 0. The molecule has 0 amide bonds. The van der Waals surface area contributed by atoms with E-state index in [-0.39, 0.29) is 12.2 Å². The molecule has 0 aliphatic carbocycles. The monoisotopic (exact) mass is 171 g/mol. The van der Waals surface area contributed by atoms with Crippen molar-refractivity contribution in [3.05, 3.63) is 23.8 Å². The summed E-state index contributed by atoms with van der Waals surface area (Å²) in [6.07, 6.45) is -3.42. The van der Waals surface area contributed by atoms with Gasteiger partial charge in [0.05, 0.1) is 6.42 Å². The number of nitrogens with two attached hydrogens (primary N) is 1. The molecule has 0 bridgehead atoms. The van der Waals surface area contributed by atoms with Crippen LogP contribution in [0.15, 0.2) is 18.2 Å². The molecule has 0 atom stereocenters. The fraction of sp³-hybridized carbons (Fsp3) is 0.250. The third kappa shape index (κ3) is 1.09. The number of nitrogen functional groups attached to an aromatic ring is 1. The lowest BCUT2D eigenvalue weighted by Crippen LogP contribution is -2.20. The van der Waals surface area contributed by atoms with Gasteiger partial charge in [0.15, 0.2) is 0 Å². The lowest BCUT2D eigenvalue weighted by atomic mass is 10.1. The molecule has 12 heavy (non-hydrogen) atoms. The van der Waals surface area contributed by atoms with E-state index in [1.54, 1.807) is 12.1 Å². The molecule has 2 nitrogen and oxygen atoms in total. The average molecular weight is 171 g/mol. The zero-order valence-electron chi connectivity index (χ0n) is 6.18. The van der Waals surface area contributed by atoms with E-state index in [0.29, 0.717) is 11.3 Å². The molecular weight excluding hydrogens is 164 g/mol. The van der Waals surface area contributed by atoms with Crippen molar-refractivity contribution < 1.29 is 13.5 Å². The first-order valence-corrected chi connectivity index (χ1v) is 3.52. The van der Waals surface area contributed by atoms with Crippen LogP contribution in [0.4, 0.5) is 14.5 Å². The van der Waals surface area contributed by atoms with Crippen LogP contribution in [0.5, 0.6) is 5.75 Å². The molecule has 0 unspecified atom stereocenters. The van der Waals surface area contributed by atoms with Gasteiger partial charge in [-0.3, -0.25) is 0 Å². The summed E-state index contributed by atoms with van der Waals surface area (Å²) < 4.78 is 29.6. The lowest BCUT2D eigenvalue weighted by Gasteiger charge is -2.06. The Morgan fingerprint density at radius 3 is 2.92 bits per heavy atom. The number of alkyl halides is 2. The van der Waals surface area contributed by atoms with Crippen molar-refractivity contribution in [2.24, 2.45) is 0 Å². The minimum atomic E-state index is -3.06. The van der Waals surface area contributed by atoms with Crippen molar-refractivity contribution in [1.82, 2.24) is 0 Å². The SMILES string of the molecule is Nc1ccc2c(c1)OC(F)(F)C2. The van der Waals surface area contributed by atoms with E-state index in [4.69, 9.17) is 5.73 Å². The molecule has 0 fully saturated rings. The molecule has 1 aromatic rings. The van der Waals surface area contributed by atoms with Gasteiger partial charge in [0.2, 0.25) is 0 Å². The van der Waals surface area contributed by atoms with Crippen molar-refractivity contribution in [3.63, 3.8) is 0 Å². The summed E-state index contributed by atoms with van der Waals surface area (Å²) in [4.78, 5) is 0. The van der Waals surface area contributed by atoms with Crippen LogP contribution in [0.3, 0.4) is 0 Å². The Bertz CT molecular complexity index is 325. The smallest absolute Gasteiger partial charge is 0.402 e. The molecule has 1 aliphatic rings. The number of fused-ring (bicyclic) bond motifs is 1. The normalized spacial score (nSPS) is 18.5. The molecule has 0 spiro atoms. The third-order valence-electron chi connectivity index (χ3n) is 1.75. The number of rotatable bonds is 0. The second-order valence-corrected chi connectivity index (χ2v) is 2.78. The Morgan fingerprint density at radius 1 is 1.42 bits per heavy atom. The second kappa shape index (κ2) is 2.09. The molecule has 2 N–H and O–H groups in total. The molecule has 1 aromatic carbocycles. The molecule has 0 radical (unpaired) electrons. The quantitative estimate of drug-likeness (QED) is 0.604. The van der Waals surface area contributed by atoms with Crippen LogP contribution in [0.1, 0.15) is 5.56 Å². The van der Waals surface area contributed by atoms with Gasteiger partial charge in [0.25, 0.3) is 0 Å². The van der Waals surface area contributed by atoms with Crippen LogP contribution in [0, 0.1) is 0 Å². The standard InChI is InChI=1S/C8H7F2NO/c9-8(10)4-5-1-2-6(11)3-7(5)12-8/h1-3H,4,11H2. The van der Waals surface area contributed by atoms with Crippen LogP contribution in [-0.4, -0.2) is 6.11 Å². The van der Waals surface area contributed by atoms with Gasteiger partial charge < -0.3 is 10.5 Å². The number of halogens is 2. The highest BCUT2D eigenvalue weighted by atomic mass is 19.3. The molecule has 64 valence electrons. The maximum Gasteiger partial charge on any atom is 0.402 e. The zero-order chi connectivity index (χ0) is 8.77. The molecular formula is C8H7F2NO. The zero-order valence-corrected chi connectivity index (χ0v) is 6.18. The Labute approximate surface area is 67.9 Å². The summed E-state index contributed by atoms with van der Waals surface area (Å²) in [5.74, 6) is 0.194. The number of anilines is 1. The van der Waals surface area contributed by atoms with E-state index in [0.717, 1.165) is 0 Å². The highest BCUT2D eigenvalue weighted by molar-refractivity contribution is 5.50. The van der Waals surface area contributed by atoms with Gasteiger partial charge in [-0.05, 0) is 6.07 Å². The van der Waals surface area contributed by atoms with E-state index in [1.807, 2.05) is 0 Å². The number of hydrogen-bond donors (Lipinski definition) is 1. The Hall–Kier alpha value is -1.32. The van der Waals surface area contributed by atoms with Gasteiger partial charge in [-0.25, -0.2) is 0 Å². The van der Waals surface area contributed by atoms with Gasteiger partial charge in [0, 0.05) is 17.3 Å². The summed E-state index contributed by atoms with van der Waals surface area (Å²) in [6.45, 7) is 0. The summed E-state index contributed by atoms with van der Waals surface area (Å²) in [6, 6.07) is 4.56. The molecule has 0 saturated heterocycles. The van der Waals surface area contributed by atoms with Crippen molar-refractivity contribution in [2.45, 2.75) is 12.5 Å². The van der Waals surface area contributed by atoms with E-state index in [9.17, 15) is 8.78 Å². The van der Waals surface area contributed by atoms with Gasteiger partial charge in [-0.2, -0.15) is 8.78 Å². The van der Waals surface area contributed by atoms with Gasteiger partial charge in [-0.1, -0.05) is 6.07 Å². The van der Waals surface area contributed by atoms with Crippen molar-refractivity contribution >= 4 is 5.69 Å². The van der Waals surface area contributed by atoms with E-state index < -0.39 is 6.11 Å². The highest BCUT2D eigenvalue weighted by Crippen LogP contribution is 2.37. The first-order chi connectivity index (χ1) is 5.57. The maximum absolute atomic E-state index is 12.6. The van der Waals surface area contributed by atoms with Gasteiger partial charge in [0.1, 0.15) is 5.75 Å². The van der Waals surface area contributed by atoms with Crippen molar-refractivity contribution in [1.29, 1.82) is 0 Å². The second-order valence-electron chi connectivity index (χ2n) is 2.78. The Morgan fingerprint density at radius 2 is 2.17 bits per heavy atom. The van der Waals surface area contributed by atoms with E-state index in [1.165, 1.54) is 6.07 Å². The number of hydrogen-bond acceptors (Lipinski definition) is 2. The van der Waals surface area contributed by atoms with Crippen LogP contribution in [0.25, 0.3) is 0 Å². The van der Waals surface area contributed by atoms with E-state index in [2.05, 4.69) is 4.74 Å². The predicted octanol–water partition coefficient (Wildman–Crippen LogP) is 1.80. The maximum atomic E-state index is 12.6. The summed E-state index contributed by atoms with van der Waals surface area (Å²) in [5.41, 5.74) is 6.34. The number of ether oxygens (including phenoxy) is 1. The Balaban J connectivity index is 2.43. The molecule has 0 aromatic heterocycles. The fourth-order valence-electron chi connectivity index (χ4n) is 1.23. The van der Waals surface area contributed by atoms with Gasteiger partial charge >= 0.3 is 6.11 Å². The fourth-order valence-corrected chi connectivity index (χ4v) is 1.23. The number of benzene rings is 1. The van der Waals surface area contributed by atoms with Crippen molar-refractivity contribution in [3.8, 4) is 5.75 Å². The lowest BCUT2D eigenvalue weighted by molar-refractivity contribution is -0.159. The largest absolute Gasteiger partial charge is 0.432 e. The molecule has 1 heterocycles. The highest BCUT2D eigenvalue weighted by Gasteiger charge is 2.39. The first kappa shape index (κ1) is 7.34. The van der Waals surface area contributed by atoms with Crippen molar-refractivity contribution in [2.75, 3.05) is 5.73 Å². The van der Waals surface area contributed by atoms with Crippen LogP contribution >= 0.6 is 0 Å². The van der Waals surface area contributed by atoms with E-state index >= 15 is 0 Å². The molecule has 4 heteroatoms. The summed E-state index contributed by atoms with van der Waals surface area (Å²) in [7, 11) is 0. The Kier molecular flexibility index (Phi) is 1.28. The van der Waals surface area contributed by atoms with Gasteiger partial charge in [-0.15, -0.1) is 0 Å². The average Bonchev–Trinajstić information content (AvgIpc) is 2.21. The minimum absolute atomic E-state index is 0.194. The molecule has 1 aliphatic heterocycles. The van der Waals surface area contributed by atoms with Crippen LogP contribution in [0.2, 0.25) is 0 Å². The first-order valence-electron chi connectivity index (χ1n) is 3.52. The molecule has 2 rings (SSSR count).